The molecule has 0 bridgehead atoms. The number of hydrogen-bond donors (Lipinski definition) is 1. The summed E-state index contributed by atoms with van der Waals surface area (Å²) in [6.07, 6.45) is 1.33. The second kappa shape index (κ2) is 8.53. The number of para-hydroxylation sites is 1. The van der Waals surface area contributed by atoms with Gasteiger partial charge in [-0.1, -0.05) is 48.5 Å². The molecular formula is C23H19N3O4S. The maximum atomic E-state index is 13.4. The zero-order valence-corrected chi connectivity index (χ0v) is 17.7. The van der Waals surface area contributed by atoms with Crippen molar-refractivity contribution in [3.8, 4) is 0 Å². The third-order valence-electron chi connectivity index (χ3n) is 4.93. The van der Waals surface area contributed by atoms with Crippen molar-refractivity contribution in [2.24, 2.45) is 0 Å². The van der Waals surface area contributed by atoms with Crippen LogP contribution in [0.1, 0.15) is 26.8 Å². The average molecular weight is 433 g/mol. The van der Waals surface area contributed by atoms with Crippen molar-refractivity contribution in [3.63, 3.8) is 0 Å². The summed E-state index contributed by atoms with van der Waals surface area (Å²) in [5.41, 5.74) is 1.38. The molecule has 2 aromatic heterocycles. The van der Waals surface area contributed by atoms with Crippen LogP contribution in [0.5, 0.6) is 0 Å². The molecule has 8 heteroatoms. The number of nitrogens with one attached hydrogen (secondary N) is 1. The molecular weight excluding hydrogens is 414 g/mol. The summed E-state index contributed by atoms with van der Waals surface area (Å²) in [6, 6.07) is 17.0. The van der Waals surface area contributed by atoms with Gasteiger partial charge in [0.15, 0.2) is 6.04 Å². The Kier molecular flexibility index (Phi) is 5.64. The molecule has 0 spiro atoms. The number of carbonyl (C=O) groups excluding carboxylic acids is 2. The first-order chi connectivity index (χ1) is 15.0. The Hall–Kier alpha value is -3.78. The number of hydrogen-bond acceptors (Lipinski definition) is 6. The van der Waals surface area contributed by atoms with Crippen LogP contribution < -0.4 is 10.9 Å². The average Bonchev–Trinajstić information content (AvgIpc) is 3.14. The highest BCUT2D eigenvalue weighted by molar-refractivity contribution is 7.20. The van der Waals surface area contributed by atoms with E-state index in [1.807, 2.05) is 24.3 Å². The normalized spacial score (nSPS) is 11.8. The van der Waals surface area contributed by atoms with Crippen molar-refractivity contribution in [1.29, 1.82) is 0 Å². The molecule has 0 saturated carbocycles. The van der Waals surface area contributed by atoms with E-state index < -0.39 is 17.6 Å². The standard InChI is InChI=1S/C23H19N3O4S/c1-14-17-21(31-19(14)20(27)25-16-11-7-4-8-12-16)24-13-26(22(17)28)18(23(29)30-2)15-9-5-3-6-10-15/h3-13,18H,1-2H3,(H,25,27). The third-order valence-corrected chi connectivity index (χ3v) is 6.13. The molecule has 4 aromatic rings. The molecule has 7 nitrogen and oxygen atoms in total. The Morgan fingerprint density at radius 3 is 2.35 bits per heavy atom. The number of anilines is 1. The van der Waals surface area contributed by atoms with Crippen molar-refractivity contribution in [2.45, 2.75) is 13.0 Å². The Balaban J connectivity index is 1.80. The minimum absolute atomic E-state index is 0.315. The van der Waals surface area contributed by atoms with Crippen LogP contribution >= 0.6 is 11.3 Å². The molecule has 1 amide bonds. The van der Waals surface area contributed by atoms with E-state index in [1.165, 1.54) is 18.0 Å². The molecule has 0 aliphatic rings. The smallest absolute Gasteiger partial charge is 0.333 e. The first kappa shape index (κ1) is 20.5. The number of amides is 1. The summed E-state index contributed by atoms with van der Waals surface area (Å²) in [4.78, 5) is 43.9. The Labute approximate surface area is 181 Å². The second-order valence-corrected chi connectivity index (χ2v) is 7.85. The summed E-state index contributed by atoms with van der Waals surface area (Å²) in [5.74, 6) is -0.894. The molecule has 2 aromatic carbocycles. The number of nitrogens with zero attached hydrogens (tertiary/aromatic N) is 2. The van der Waals surface area contributed by atoms with Gasteiger partial charge < -0.3 is 10.1 Å². The number of benzene rings is 2. The molecule has 2 heterocycles. The van der Waals surface area contributed by atoms with Crippen LogP contribution in [0.4, 0.5) is 5.69 Å². The zero-order valence-electron chi connectivity index (χ0n) is 16.9. The molecule has 156 valence electrons. The van der Waals surface area contributed by atoms with Gasteiger partial charge in [0, 0.05) is 5.69 Å². The molecule has 31 heavy (non-hydrogen) atoms. The van der Waals surface area contributed by atoms with Gasteiger partial charge in [-0.15, -0.1) is 11.3 Å². The highest BCUT2D eigenvalue weighted by atomic mass is 32.1. The molecule has 0 radical (unpaired) electrons. The molecule has 4 rings (SSSR count). The predicted molar refractivity (Wildman–Crippen MR) is 120 cm³/mol. The second-order valence-electron chi connectivity index (χ2n) is 6.85. The molecule has 0 saturated heterocycles. The van der Waals surface area contributed by atoms with Crippen molar-refractivity contribution in [2.75, 3.05) is 12.4 Å². The summed E-state index contributed by atoms with van der Waals surface area (Å²) in [7, 11) is 1.27. The molecule has 0 fully saturated rings. The van der Waals surface area contributed by atoms with Gasteiger partial charge in [-0.3, -0.25) is 14.2 Å². The van der Waals surface area contributed by atoms with E-state index >= 15 is 0 Å². The van der Waals surface area contributed by atoms with Gasteiger partial charge in [0.1, 0.15) is 11.2 Å². The Morgan fingerprint density at radius 2 is 1.71 bits per heavy atom. The van der Waals surface area contributed by atoms with Crippen LogP contribution in [0.3, 0.4) is 0 Å². The maximum absolute atomic E-state index is 13.4. The monoisotopic (exact) mass is 433 g/mol. The zero-order chi connectivity index (χ0) is 22.0. The number of rotatable bonds is 5. The van der Waals surface area contributed by atoms with Gasteiger partial charge in [0.25, 0.3) is 11.5 Å². The summed E-state index contributed by atoms with van der Waals surface area (Å²) in [6.45, 7) is 1.71. The number of thiophene rings is 1. The van der Waals surface area contributed by atoms with Crippen LogP contribution in [0.25, 0.3) is 10.2 Å². The van der Waals surface area contributed by atoms with Crippen LogP contribution in [0.2, 0.25) is 0 Å². The van der Waals surface area contributed by atoms with Crippen molar-refractivity contribution in [1.82, 2.24) is 9.55 Å². The molecule has 0 aliphatic heterocycles. The number of esters is 1. The van der Waals surface area contributed by atoms with Gasteiger partial charge in [0.05, 0.1) is 17.4 Å². The van der Waals surface area contributed by atoms with E-state index in [4.69, 9.17) is 4.74 Å². The quantitative estimate of drug-likeness (QED) is 0.484. The van der Waals surface area contributed by atoms with Gasteiger partial charge in [-0.05, 0) is 30.2 Å². The van der Waals surface area contributed by atoms with Gasteiger partial charge in [-0.2, -0.15) is 0 Å². The van der Waals surface area contributed by atoms with Crippen LogP contribution in [-0.4, -0.2) is 28.5 Å². The lowest BCUT2D eigenvalue weighted by Gasteiger charge is -2.17. The fourth-order valence-corrected chi connectivity index (χ4v) is 4.44. The number of ether oxygens (including phenoxy) is 1. The summed E-state index contributed by atoms with van der Waals surface area (Å²) in [5, 5.41) is 3.15. The number of aryl methyl sites for hydroxylation is 1. The van der Waals surface area contributed by atoms with Crippen molar-refractivity contribution in [3.05, 3.63) is 93.3 Å². The lowest BCUT2D eigenvalue weighted by Crippen LogP contribution is -2.31. The minimum atomic E-state index is -0.975. The predicted octanol–water partition coefficient (Wildman–Crippen LogP) is 3.78. The highest BCUT2D eigenvalue weighted by Gasteiger charge is 2.27. The first-order valence-corrected chi connectivity index (χ1v) is 10.3. The van der Waals surface area contributed by atoms with E-state index in [-0.39, 0.29) is 5.91 Å². The van der Waals surface area contributed by atoms with Gasteiger partial charge >= 0.3 is 5.97 Å². The highest BCUT2D eigenvalue weighted by Crippen LogP contribution is 2.29. The van der Waals surface area contributed by atoms with E-state index in [0.717, 1.165) is 11.3 Å². The number of fused-ring (bicyclic) bond motifs is 1. The van der Waals surface area contributed by atoms with Crippen LogP contribution in [0.15, 0.2) is 71.8 Å². The SMILES string of the molecule is COC(=O)C(c1ccccc1)n1cnc2sc(C(=O)Nc3ccccc3)c(C)c2c1=O. The number of aromatic nitrogens is 2. The lowest BCUT2D eigenvalue weighted by molar-refractivity contribution is -0.143. The first-order valence-electron chi connectivity index (χ1n) is 9.50. The van der Waals surface area contributed by atoms with E-state index in [2.05, 4.69) is 10.3 Å². The number of methoxy groups -OCH3 is 1. The molecule has 1 N–H and O–H groups in total. The Morgan fingerprint density at radius 1 is 1.06 bits per heavy atom. The fourth-order valence-electron chi connectivity index (χ4n) is 3.40. The molecule has 1 atom stereocenters. The van der Waals surface area contributed by atoms with Crippen molar-refractivity contribution < 1.29 is 14.3 Å². The van der Waals surface area contributed by atoms with E-state index in [1.54, 1.807) is 43.3 Å². The third kappa shape index (κ3) is 3.85. The Bertz CT molecular complexity index is 1310. The number of carbonyl (C=O) groups is 2. The van der Waals surface area contributed by atoms with E-state index in [0.29, 0.717) is 31.9 Å². The maximum Gasteiger partial charge on any atom is 0.333 e. The fraction of sp³-hybridized carbons (Fsp3) is 0.130. The minimum Gasteiger partial charge on any atom is -0.467 e. The lowest BCUT2D eigenvalue weighted by atomic mass is 10.1. The van der Waals surface area contributed by atoms with Crippen molar-refractivity contribution >= 4 is 39.1 Å². The van der Waals surface area contributed by atoms with Crippen LogP contribution in [-0.2, 0) is 9.53 Å². The summed E-state index contributed by atoms with van der Waals surface area (Å²) >= 11 is 1.14. The van der Waals surface area contributed by atoms with E-state index in [9.17, 15) is 14.4 Å². The molecule has 1 unspecified atom stereocenters. The summed E-state index contributed by atoms with van der Waals surface area (Å²) < 4.78 is 6.19. The van der Waals surface area contributed by atoms with Gasteiger partial charge in [0.2, 0.25) is 0 Å². The topological polar surface area (TPSA) is 90.3 Å². The largest absolute Gasteiger partial charge is 0.467 e. The molecule has 0 aliphatic carbocycles. The van der Waals surface area contributed by atoms with Gasteiger partial charge in [-0.25, -0.2) is 9.78 Å². The van der Waals surface area contributed by atoms with Crippen LogP contribution in [0, 0.1) is 6.92 Å².